The van der Waals surface area contributed by atoms with E-state index in [2.05, 4.69) is 18.9 Å². The van der Waals surface area contributed by atoms with Gasteiger partial charge in [-0.3, -0.25) is 9.48 Å². The van der Waals surface area contributed by atoms with E-state index >= 15 is 0 Å². The molecule has 0 radical (unpaired) electrons. The fraction of sp³-hybridized carbons (Fsp3) is 0.444. The summed E-state index contributed by atoms with van der Waals surface area (Å²) in [7, 11) is 1.61. The number of anilines is 1. The highest BCUT2D eigenvalue weighted by Gasteiger charge is 2.29. The minimum Gasteiger partial charge on any atom is -0.497 e. The Kier molecular flexibility index (Phi) is 4.46. The largest absolute Gasteiger partial charge is 0.497 e. The van der Waals surface area contributed by atoms with Crippen molar-refractivity contribution >= 4 is 11.6 Å². The van der Waals surface area contributed by atoms with Crippen LogP contribution in [0.25, 0.3) is 0 Å². The first kappa shape index (κ1) is 16.4. The van der Waals surface area contributed by atoms with Crippen molar-refractivity contribution in [2.75, 3.05) is 18.6 Å². The summed E-state index contributed by atoms with van der Waals surface area (Å²) in [6, 6.07) is 5.50. The maximum Gasteiger partial charge on any atom is 0.261 e. The van der Waals surface area contributed by atoms with E-state index in [9.17, 15) is 4.79 Å². The van der Waals surface area contributed by atoms with Crippen molar-refractivity contribution in [1.82, 2.24) is 9.78 Å². The fourth-order valence-electron chi connectivity index (χ4n) is 2.84. The Morgan fingerprint density at radius 3 is 2.96 bits per heavy atom. The van der Waals surface area contributed by atoms with E-state index in [0.29, 0.717) is 29.5 Å². The lowest BCUT2D eigenvalue weighted by atomic mass is 10.1. The highest BCUT2D eigenvalue weighted by atomic mass is 16.5. The van der Waals surface area contributed by atoms with Crippen molar-refractivity contribution in [3.05, 3.63) is 36.2 Å². The molecule has 0 spiro atoms. The zero-order valence-corrected chi connectivity index (χ0v) is 14.5. The number of methoxy groups -OCH3 is 1. The Bertz CT molecular complexity index is 739. The predicted octanol–water partition coefficient (Wildman–Crippen LogP) is 2.98. The molecule has 24 heavy (non-hydrogen) atoms. The molecule has 0 saturated heterocycles. The van der Waals surface area contributed by atoms with Crippen molar-refractivity contribution in [2.45, 2.75) is 33.4 Å². The normalized spacial score (nSPS) is 16.7. The molecular formula is C18H23N3O3. The first-order valence-corrected chi connectivity index (χ1v) is 8.17. The topological polar surface area (TPSA) is 56.6 Å². The van der Waals surface area contributed by atoms with Gasteiger partial charge in [0, 0.05) is 18.8 Å². The van der Waals surface area contributed by atoms with Crippen LogP contribution < -0.4 is 14.4 Å². The van der Waals surface area contributed by atoms with Crippen LogP contribution in [0.5, 0.6) is 11.5 Å². The van der Waals surface area contributed by atoms with Gasteiger partial charge in [-0.25, -0.2) is 0 Å². The molecule has 1 amide bonds. The van der Waals surface area contributed by atoms with Crippen LogP contribution in [0.4, 0.5) is 5.69 Å². The summed E-state index contributed by atoms with van der Waals surface area (Å²) < 4.78 is 12.9. The van der Waals surface area contributed by atoms with Gasteiger partial charge < -0.3 is 14.4 Å². The summed E-state index contributed by atoms with van der Waals surface area (Å²) in [6.45, 7) is 7.48. The number of ether oxygens (including phenoxy) is 2. The first-order chi connectivity index (χ1) is 11.5. The van der Waals surface area contributed by atoms with Gasteiger partial charge in [0.1, 0.15) is 17.6 Å². The maximum absolute atomic E-state index is 13.0. The molecule has 1 aromatic carbocycles. The average Bonchev–Trinajstić information content (AvgIpc) is 3.00. The maximum atomic E-state index is 13.0. The molecule has 0 unspecified atom stereocenters. The van der Waals surface area contributed by atoms with Crippen LogP contribution in [0.3, 0.4) is 0 Å². The summed E-state index contributed by atoms with van der Waals surface area (Å²) in [5, 5.41) is 4.29. The van der Waals surface area contributed by atoms with Crippen LogP contribution in [-0.2, 0) is 6.54 Å². The molecule has 0 bridgehead atoms. The Labute approximate surface area is 142 Å². The molecule has 0 N–H and O–H groups in total. The van der Waals surface area contributed by atoms with Crippen molar-refractivity contribution in [3.8, 4) is 11.5 Å². The van der Waals surface area contributed by atoms with Crippen LogP contribution in [0, 0.1) is 5.92 Å². The van der Waals surface area contributed by atoms with E-state index in [1.807, 2.05) is 36.0 Å². The van der Waals surface area contributed by atoms with E-state index < -0.39 is 0 Å². The summed E-state index contributed by atoms with van der Waals surface area (Å²) in [5.41, 5.74) is 1.31. The van der Waals surface area contributed by atoms with Crippen molar-refractivity contribution in [2.24, 2.45) is 5.92 Å². The first-order valence-electron chi connectivity index (χ1n) is 8.17. The van der Waals surface area contributed by atoms with E-state index in [1.54, 1.807) is 18.2 Å². The van der Waals surface area contributed by atoms with E-state index in [4.69, 9.17) is 9.47 Å². The number of nitrogens with zero attached hydrogens (tertiary/aromatic N) is 3. The van der Waals surface area contributed by atoms with Gasteiger partial charge >= 0.3 is 0 Å². The van der Waals surface area contributed by atoms with Crippen molar-refractivity contribution < 1.29 is 14.3 Å². The fourth-order valence-corrected chi connectivity index (χ4v) is 2.84. The number of aromatic nitrogens is 2. The highest BCUT2D eigenvalue weighted by Crippen LogP contribution is 2.37. The number of fused-ring (bicyclic) bond motifs is 1. The third-order valence-electron chi connectivity index (χ3n) is 3.90. The van der Waals surface area contributed by atoms with Gasteiger partial charge in [-0.1, -0.05) is 13.8 Å². The second-order valence-electron chi connectivity index (χ2n) is 6.52. The lowest BCUT2D eigenvalue weighted by Gasteiger charge is -2.33. The molecule has 1 atom stereocenters. The molecule has 1 aliphatic heterocycles. The summed E-state index contributed by atoms with van der Waals surface area (Å²) in [4.78, 5) is 14.7. The summed E-state index contributed by atoms with van der Waals surface area (Å²) in [6.07, 6.45) is 3.37. The van der Waals surface area contributed by atoms with Crippen LogP contribution in [0.2, 0.25) is 0 Å². The predicted molar refractivity (Wildman–Crippen MR) is 91.8 cm³/mol. The van der Waals surface area contributed by atoms with E-state index in [-0.39, 0.29) is 12.0 Å². The number of rotatable bonds is 4. The van der Waals surface area contributed by atoms with Crippen LogP contribution in [-0.4, -0.2) is 35.4 Å². The van der Waals surface area contributed by atoms with Gasteiger partial charge in [-0.15, -0.1) is 0 Å². The Balaban J connectivity index is 1.91. The van der Waals surface area contributed by atoms with E-state index in [0.717, 1.165) is 12.2 Å². The van der Waals surface area contributed by atoms with Gasteiger partial charge in [0.2, 0.25) is 0 Å². The van der Waals surface area contributed by atoms with Crippen LogP contribution in [0.1, 0.15) is 31.1 Å². The lowest BCUT2D eigenvalue weighted by molar-refractivity contribution is 0.0961. The van der Waals surface area contributed by atoms with Gasteiger partial charge in [0.25, 0.3) is 5.91 Å². The Morgan fingerprint density at radius 2 is 2.25 bits per heavy atom. The average molecular weight is 329 g/mol. The second kappa shape index (κ2) is 6.55. The molecule has 0 fully saturated rings. The highest BCUT2D eigenvalue weighted by molar-refractivity contribution is 6.07. The minimum atomic E-state index is -0.0744. The monoisotopic (exact) mass is 329 g/mol. The molecule has 6 heteroatoms. The third-order valence-corrected chi connectivity index (χ3v) is 3.90. The molecule has 0 saturated carbocycles. The summed E-state index contributed by atoms with van der Waals surface area (Å²) in [5.74, 6) is 1.79. The van der Waals surface area contributed by atoms with Gasteiger partial charge in [-0.05, 0) is 25.0 Å². The zero-order chi connectivity index (χ0) is 17.3. The second-order valence-corrected chi connectivity index (χ2v) is 6.52. The molecule has 0 aliphatic carbocycles. The summed E-state index contributed by atoms with van der Waals surface area (Å²) >= 11 is 0. The molecule has 6 nitrogen and oxygen atoms in total. The Morgan fingerprint density at radius 1 is 1.46 bits per heavy atom. The molecule has 128 valence electrons. The quantitative estimate of drug-likeness (QED) is 0.865. The molecular weight excluding hydrogens is 306 g/mol. The van der Waals surface area contributed by atoms with Gasteiger partial charge in [-0.2, -0.15) is 5.10 Å². The SMILES string of the molecule is COc1ccc2c(c1)N(C(=O)c1cnn(CC(C)C)c1)C[C@H](C)O2. The molecule has 1 aromatic heterocycles. The van der Waals surface area contributed by atoms with Crippen LogP contribution >= 0.6 is 0 Å². The molecule has 1 aliphatic rings. The minimum absolute atomic E-state index is 0.0689. The van der Waals surface area contributed by atoms with Gasteiger partial charge in [0.15, 0.2) is 0 Å². The molecule has 2 heterocycles. The zero-order valence-electron chi connectivity index (χ0n) is 14.5. The number of benzene rings is 1. The number of hydrogen-bond donors (Lipinski definition) is 0. The number of amides is 1. The smallest absolute Gasteiger partial charge is 0.261 e. The Hall–Kier alpha value is -2.50. The van der Waals surface area contributed by atoms with Crippen molar-refractivity contribution in [3.63, 3.8) is 0 Å². The van der Waals surface area contributed by atoms with Crippen molar-refractivity contribution in [1.29, 1.82) is 0 Å². The molecule has 3 rings (SSSR count). The number of carbonyl (C=O) groups excluding carboxylic acids is 1. The number of carbonyl (C=O) groups is 1. The standard InChI is InChI=1S/C18H23N3O3/c1-12(2)9-20-11-14(8-19-20)18(22)21-10-13(3)24-17-6-5-15(23-4)7-16(17)21/h5-8,11-13H,9-10H2,1-4H3/t13-/m0/s1. The van der Waals surface area contributed by atoms with Crippen LogP contribution in [0.15, 0.2) is 30.6 Å². The van der Waals surface area contributed by atoms with Gasteiger partial charge in [0.05, 0.1) is 31.1 Å². The molecule has 2 aromatic rings. The lowest BCUT2D eigenvalue weighted by Crippen LogP contribution is -2.42. The van der Waals surface area contributed by atoms with E-state index in [1.165, 1.54) is 0 Å². The third kappa shape index (κ3) is 3.22. The number of hydrogen-bond acceptors (Lipinski definition) is 4.